The van der Waals surface area contributed by atoms with E-state index in [4.69, 9.17) is 0 Å². The molecule has 1 aliphatic heterocycles. The number of likely N-dealkylation sites (N-methyl/N-ethyl adjacent to an activating group) is 1. The largest absolute Gasteiger partial charge is 0.372 e. The highest BCUT2D eigenvalue weighted by molar-refractivity contribution is 5.77. The van der Waals surface area contributed by atoms with E-state index in [0.717, 1.165) is 24.9 Å². The van der Waals surface area contributed by atoms with Gasteiger partial charge in [0.2, 0.25) is 5.91 Å². The van der Waals surface area contributed by atoms with Crippen LogP contribution < -0.4 is 4.90 Å². The zero-order chi connectivity index (χ0) is 17.1. The molecule has 0 saturated heterocycles. The van der Waals surface area contributed by atoms with Crippen LogP contribution in [0.1, 0.15) is 30.9 Å². The molecule has 0 spiro atoms. The molecular formula is C19H26N4O. The molecule has 1 unspecified atom stereocenters. The minimum Gasteiger partial charge on any atom is -0.372 e. The van der Waals surface area contributed by atoms with Crippen LogP contribution in [0.4, 0.5) is 5.69 Å². The number of carbonyl (C=O) groups excluding carboxylic acids is 1. The Morgan fingerprint density at radius 2 is 2.08 bits per heavy atom. The van der Waals surface area contributed by atoms with Gasteiger partial charge in [-0.25, -0.2) is 0 Å². The molecule has 0 N–H and O–H groups in total. The lowest BCUT2D eigenvalue weighted by Gasteiger charge is -2.30. The molecule has 1 aliphatic rings. The summed E-state index contributed by atoms with van der Waals surface area (Å²) in [6.45, 7) is 3.74. The lowest BCUT2D eigenvalue weighted by atomic mass is 10.1. The van der Waals surface area contributed by atoms with Crippen molar-refractivity contribution in [2.75, 3.05) is 18.5 Å². The van der Waals surface area contributed by atoms with Crippen molar-refractivity contribution < 1.29 is 4.79 Å². The van der Waals surface area contributed by atoms with Gasteiger partial charge >= 0.3 is 0 Å². The first-order valence-electron chi connectivity index (χ1n) is 8.64. The first-order valence-corrected chi connectivity index (χ1v) is 8.64. The number of benzene rings is 1. The van der Waals surface area contributed by atoms with E-state index in [1.165, 1.54) is 11.3 Å². The van der Waals surface area contributed by atoms with Gasteiger partial charge in [-0.05, 0) is 30.0 Å². The fourth-order valence-corrected chi connectivity index (χ4v) is 3.48. The van der Waals surface area contributed by atoms with Crippen molar-refractivity contribution in [3.63, 3.8) is 0 Å². The number of anilines is 1. The number of rotatable bonds is 4. The molecule has 24 heavy (non-hydrogen) atoms. The smallest absolute Gasteiger partial charge is 0.223 e. The number of amides is 1. The predicted octanol–water partition coefficient (Wildman–Crippen LogP) is 2.61. The number of para-hydroxylation sites is 1. The SMILES string of the molecule is CCC1CN(C)c2ccccc2CN1C(=O)CCc1cnn(C)c1. The van der Waals surface area contributed by atoms with Gasteiger partial charge in [0.05, 0.1) is 6.20 Å². The van der Waals surface area contributed by atoms with Crippen LogP contribution in [-0.2, 0) is 24.8 Å². The second-order valence-corrected chi connectivity index (χ2v) is 6.62. The van der Waals surface area contributed by atoms with Gasteiger partial charge in [-0.2, -0.15) is 5.10 Å². The topological polar surface area (TPSA) is 41.4 Å². The Hall–Kier alpha value is -2.30. The van der Waals surface area contributed by atoms with Gasteiger partial charge in [0.15, 0.2) is 0 Å². The first kappa shape index (κ1) is 16.6. The lowest BCUT2D eigenvalue weighted by Crippen LogP contribution is -2.43. The van der Waals surface area contributed by atoms with Gasteiger partial charge in [-0.15, -0.1) is 0 Å². The molecule has 128 valence electrons. The van der Waals surface area contributed by atoms with E-state index in [-0.39, 0.29) is 11.9 Å². The lowest BCUT2D eigenvalue weighted by molar-refractivity contribution is -0.134. The van der Waals surface area contributed by atoms with E-state index in [1.54, 1.807) is 4.68 Å². The standard InChI is InChI=1S/C19H26N4O/c1-4-17-14-21(2)18-8-6-5-7-16(18)13-23(17)19(24)10-9-15-11-20-22(3)12-15/h5-8,11-12,17H,4,9-10,13-14H2,1-3H3. The maximum absolute atomic E-state index is 12.9. The normalized spacial score (nSPS) is 17.5. The number of hydrogen-bond donors (Lipinski definition) is 0. The van der Waals surface area contributed by atoms with Crippen LogP contribution in [0.3, 0.4) is 0 Å². The van der Waals surface area contributed by atoms with Crippen LogP contribution in [0.5, 0.6) is 0 Å². The summed E-state index contributed by atoms with van der Waals surface area (Å²) >= 11 is 0. The highest BCUT2D eigenvalue weighted by Gasteiger charge is 2.28. The van der Waals surface area contributed by atoms with Gasteiger partial charge in [0.25, 0.3) is 0 Å². The molecule has 0 saturated carbocycles. The van der Waals surface area contributed by atoms with Crippen molar-refractivity contribution in [2.45, 2.75) is 38.8 Å². The Morgan fingerprint density at radius 1 is 1.29 bits per heavy atom. The molecule has 5 nitrogen and oxygen atoms in total. The fraction of sp³-hybridized carbons (Fsp3) is 0.474. The minimum absolute atomic E-state index is 0.232. The molecule has 3 rings (SSSR count). The molecule has 2 aromatic rings. The highest BCUT2D eigenvalue weighted by Crippen LogP contribution is 2.27. The summed E-state index contributed by atoms with van der Waals surface area (Å²) < 4.78 is 1.78. The summed E-state index contributed by atoms with van der Waals surface area (Å²) in [6, 6.07) is 8.65. The Balaban J connectivity index is 1.75. The maximum atomic E-state index is 12.9. The van der Waals surface area contributed by atoms with E-state index < -0.39 is 0 Å². The van der Waals surface area contributed by atoms with Crippen molar-refractivity contribution in [1.29, 1.82) is 0 Å². The highest BCUT2D eigenvalue weighted by atomic mass is 16.2. The molecule has 1 aromatic heterocycles. The average molecular weight is 326 g/mol. The minimum atomic E-state index is 0.232. The number of carbonyl (C=O) groups is 1. The molecule has 1 aromatic carbocycles. The van der Waals surface area contributed by atoms with E-state index in [9.17, 15) is 4.79 Å². The zero-order valence-electron chi connectivity index (χ0n) is 14.8. The molecule has 0 bridgehead atoms. The van der Waals surface area contributed by atoms with Crippen LogP contribution in [0.15, 0.2) is 36.7 Å². The summed E-state index contributed by atoms with van der Waals surface area (Å²) in [6.07, 6.45) is 6.08. The van der Waals surface area contributed by atoms with Crippen LogP contribution >= 0.6 is 0 Å². The van der Waals surface area contributed by atoms with Gasteiger partial charge < -0.3 is 9.80 Å². The number of hydrogen-bond acceptors (Lipinski definition) is 3. The van der Waals surface area contributed by atoms with Crippen LogP contribution in [0.2, 0.25) is 0 Å². The average Bonchev–Trinajstić information content (AvgIpc) is 2.94. The summed E-state index contributed by atoms with van der Waals surface area (Å²) in [4.78, 5) is 17.2. The van der Waals surface area contributed by atoms with Crippen molar-refractivity contribution >= 4 is 11.6 Å². The van der Waals surface area contributed by atoms with E-state index in [0.29, 0.717) is 13.0 Å². The third-order valence-corrected chi connectivity index (χ3v) is 4.85. The second-order valence-electron chi connectivity index (χ2n) is 6.62. The molecule has 0 fully saturated rings. The molecule has 5 heteroatoms. The number of fused-ring (bicyclic) bond motifs is 1. The molecule has 0 radical (unpaired) electrons. The van der Waals surface area contributed by atoms with E-state index in [2.05, 4.69) is 53.1 Å². The monoisotopic (exact) mass is 326 g/mol. The second kappa shape index (κ2) is 7.07. The molecular weight excluding hydrogens is 300 g/mol. The maximum Gasteiger partial charge on any atom is 0.223 e. The molecule has 0 aliphatic carbocycles. The third-order valence-electron chi connectivity index (χ3n) is 4.85. The van der Waals surface area contributed by atoms with E-state index >= 15 is 0 Å². The van der Waals surface area contributed by atoms with Crippen LogP contribution in [-0.4, -0.2) is 40.2 Å². The zero-order valence-corrected chi connectivity index (χ0v) is 14.8. The first-order chi connectivity index (χ1) is 11.6. The van der Waals surface area contributed by atoms with Crippen molar-refractivity contribution in [2.24, 2.45) is 7.05 Å². The molecule has 1 amide bonds. The Labute approximate surface area is 143 Å². The Kier molecular flexibility index (Phi) is 4.88. The van der Waals surface area contributed by atoms with E-state index in [1.807, 2.05) is 19.4 Å². The van der Waals surface area contributed by atoms with Gasteiger partial charge in [0.1, 0.15) is 0 Å². The number of aromatic nitrogens is 2. The summed E-state index contributed by atoms with van der Waals surface area (Å²) in [5.74, 6) is 0.232. The third kappa shape index (κ3) is 3.45. The van der Waals surface area contributed by atoms with Crippen LogP contribution in [0.25, 0.3) is 0 Å². The van der Waals surface area contributed by atoms with Crippen molar-refractivity contribution in [3.8, 4) is 0 Å². The number of aryl methyl sites for hydroxylation is 2. The Bertz CT molecular complexity index is 709. The summed E-state index contributed by atoms with van der Waals surface area (Å²) in [5, 5.41) is 4.18. The fourth-order valence-electron chi connectivity index (χ4n) is 3.48. The van der Waals surface area contributed by atoms with Gasteiger partial charge in [-0.1, -0.05) is 25.1 Å². The van der Waals surface area contributed by atoms with Crippen molar-refractivity contribution in [3.05, 3.63) is 47.8 Å². The quantitative estimate of drug-likeness (QED) is 0.867. The molecule has 2 heterocycles. The summed E-state index contributed by atoms with van der Waals surface area (Å²) in [7, 11) is 4.02. The van der Waals surface area contributed by atoms with Crippen molar-refractivity contribution in [1.82, 2.24) is 14.7 Å². The molecule has 1 atom stereocenters. The summed E-state index contributed by atoms with van der Waals surface area (Å²) in [5.41, 5.74) is 3.58. The number of nitrogens with zero attached hydrogens (tertiary/aromatic N) is 4. The van der Waals surface area contributed by atoms with Crippen LogP contribution in [0, 0.1) is 0 Å². The Morgan fingerprint density at radius 3 is 2.79 bits per heavy atom. The van der Waals surface area contributed by atoms with Gasteiger partial charge in [0, 0.05) is 51.5 Å². The van der Waals surface area contributed by atoms with Gasteiger partial charge in [-0.3, -0.25) is 9.48 Å². The predicted molar refractivity (Wildman–Crippen MR) is 95.9 cm³/mol.